The normalized spacial score (nSPS) is 11.0. The minimum absolute atomic E-state index is 0.227. The van der Waals surface area contributed by atoms with Crippen LogP contribution in [0.4, 0.5) is 11.4 Å². The Hall–Kier alpha value is -2.49. The molecule has 0 saturated heterocycles. The van der Waals surface area contributed by atoms with Crippen molar-refractivity contribution in [2.75, 3.05) is 25.1 Å². The van der Waals surface area contributed by atoms with Crippen molar-refractivity contribution in [3.63, 3.8) is 0 Å². The maximum absolute atomic E-state index is 10.1. The van der Waals surface area contributed by atoms with E-state index in [1.807, 2.05) is 37.3 Å². The fourth-order valence-electron chi connectivity index (χ4n) is 2.43. The Bertz CT molecular complexity index is 692. The Kier molecular flexibility index (Phi) is 5.63. The van der Waals surface area contributed by atoms with E-state index in [-0.39, 0.29) is 5.75 Å². The topological polar surface area (TPSA) is 45.1 Å². The zero-order valence-electron chi connectivity index (χ0n) is 14.2. The van der Waals surface area contributed by atoms with E-state index in [0.29, 0.717) is 5.56 Å². The van der Waals surface area contributed by atoms with Gasteiger partial charge in [0, 0.05) is 36.6 Å². The third-order valence-electron chi connectivity index (χ3n) is 3.90. The van der Waals surface area contributed by atoms with Crippen LogP contribution in [0.5, 0.6) is 11.5 Å². The number of aromatic hydroxyl groups is 1. The van der Waals surface area contributed by atoms with Crippen molar-refractivity contribution >= 4 is 17.6 Å². The lowest BCUT2D eigenvalue weighted by molar-refractivity contribution is 0.415. The molecule has 0 spiro atoms. The van der Waals surface area contributed by atoms with Gasteiger partial charge in [-0.1, -0.05) is 6.07 Å². The number of aryl methyl sites for hydroxylation is 1. The molecule has 0 heterocycles. The molecule has 0 aromatic heterocycles. The van der Waals surface area contributed by atoms with Gasteiger partial charge in [0.1, 0.15) is 11.5 Å². The van der Waals surface area contributed by atoms with Crippen molar-refractivity contribution in [1.29, 1.82) is 0 Å². The fourth-order valence-corrected chi connectivity index (χ4v) is 2.43. The van der Waals surface area contributed by atoms with Crippen LogP contribution >= 0.6 is 0 Å². The molecule has 0 bridgehead atoms. The summed E-state index contributed by atoms with van der Waals surface area (Å²) in [7, 11) is 1.64. The van der Waals surface area contributed by atoms with Gasteiger partial charge >= 0.3 is 0 Å². The minimum Gasteiger partial charge on any atom is -0.507 e. The molecule has 0 amide bonds. The molecule has 0 unspecified atom stereocenters. The highest BCUT2D eigenvalue weighted by Crippen LogP contribution is 2.26. The molecule has 0 aliphatic heterocycles. The molecule has 0 aliphatic carbocycles. The number of hydrogen-bond acceptors (Lipinski definition) is 4. The van der Waals surface area contributed by atoms with Crippen LogP contribution in [-0.4, -0.2) is 31.5 Å². The average Bonchev–Trinajstić information content (AvgIpc) is 2.57. The Labute approximate surface area is 138 Å². The molecule has 2 aromatic rings. The van der Waals surface area contributed by atoms with Crippen molar-refractivity contribution < 1.29 is 9.84 Å². The number of benzene rings is 2. The predicted octanol–water partition coefficient (Wildman–Crippen LogP) is 4.31. The van der Waals surface area contributed by atoms with E-state index in [2.05, 4.69) is 23.7 Å². The maximum atomic E-state index is 10.1. The van der Waals surface area contributed by atoms with Gasteiger partial charge in [-0.15, -0.1) is 0 Å². The summed E-state index contributed by atoms with van der Waals surface area (Å²) in [6.45, 7) is 8.07. The molecule has 2 aromatic carbocycles. The average molecular weight is 312 g/mol. The van der Waals surface area contributed by atoms with E-state index in [1.54, 1.807) is 19.4 Å². The Balaban J connectivity index is 2.34. The van der Waals surface area contributed by atoms with Crippen LogP contribution < -0.4 is 9.64 Å². The Morgan fingerprint density at radius 1 is 1.13 bits per heavy atom. The first-order valence-electron chi connectivity index (χ1n) is 7.85. The van der Waals surface area contributed by atoms with Gasteiger partial charge in [-0.2, -0.15) is 0 Å². The molecule has 2 rings (SSSR count). The van der Waals surface area contributed by atoms with Crippen LogP contribution in [0.15, 0.2) is 41.4 Å². The van der Waals surface area contributed by atoms with Crippen LogP contribution in [0.2, 0.25) is 0 Å². The van der Waals surface area contributed by atoms with E-state index in [9.17, 15) is 5.11 Å². The van der Waals surface area contributed by atoms with Crippen molar-refractivity contribution in [3.8, 4) is 11.5 Å². The molecule has 0 aliphatic rings. The SMILES string of the molecule is CCN(CC)c1ccc(O)c(C=Nc2cc(OC)ccc2C)c1. The Morgan fingerprint density at radius 2 is 1.87 bits per heavy atom. The standard InChI is InChI=1S/C19H24N2O2/c1-5-21(6-2)16-8-10-19(22)15(11-16)13-20-18-12-17(23-4)9-7-14(18)3/h7-13,22H,5-6H2,1-4H3. The van der Waals surface area contributed by atoms with Crippen LogP contribution in [0, 0.1) is 6.92 Å². The second-order valence-electron chi connectivity index (χ2n) is 5.33. The number of ether oxygens (including phenoxy) is 1. The lowest BCUT2D eigenvalue weighted by Gasteiger charge is -2.21. The van der Waals surface area contributed by atoms with Crippen LogP contribution in [-0.2, 0) is 0 Å². The molecule has 0 saturated carbocycles. The van der Waals surface area contributed by atoms with Gasteiger partial charge in [-0.05, 0) is 50.6 Å². The summed E-state index contributed by atoms with van der Waals surface area (Å²) in [6.07, 6.45) is 1.70. The third kappa shape index (κ3) is 4.03. The fraction of sp³-hybridized carbons (Fsp3) is 0.316. The third-order valence-corrected chi connectivity index (χ3v) is 3.90. The molecule has 0 fully saturated rings. The minimum atomic E-state index is 0.227. The van der Waals surface area contributed by atoms with Gasteiger partial charge in [-0.3, -0.25) is 4.99 Å². The number of methoxy groups -OCH3 is 1. The number of anilines is 1. The first-order valence-corrected chi connectivity index (χ1v) is 7.85. The number of phenolic OH excluding ortho intramolecular Hbond substituents is 1. The Morgan fingerprint density at radius 3 is 2.52 bits per heavy atom. The van der Waals surface area contributed by atoms with Gasteiger partial charge in [-0.25, -0.2) is 0 Å². The predicted molar refractivity (Wildman–Crippen MR) is 96.7 cm³/mol. The van der Waals surface area contributed by atoms with Crippen molar-refractivity contribution in [2.24, 2.45) is 4.99 Å². The number of phenols is 1. The summed E-state index contributed by atoms with van der Waals surface area (Å²) < 4.78 is 5.24. The smallest absolute Gasteiger partial charge is 0.124 e. The van der Waals surface area contributed by atoms with Gasteiger partial charge in [0.15, 0.2) is 0 Å². The van der Waals surface area contributed by atoms with Gasteiger partial charge in [0.05, 0.1) is 12.8 Å². The number of nitrogens with zero attached hydrogens (tertiary/aromatic N) is 2. The molecular weight excluding hydrogens is 288 g/mol. The van der Waals surface area contributed by atoms with E-state index >= 15 is 0 Å². The first-order chi connectivity index (χ1) is 11.1. The second kappa shape index (κ2) is 7.68. The van der Waals surface area contributed by atoms with E-state index in [0.717, 1.165) is 35.8 Å². The van der Waals surface area contributed by atoms with Crippen LogP contribution in [0.1, 0.15) is 25.0 Å². The number of aliphatic imine (C=N–C) groups is 1. The molecule has 23 heavy (non-hydrogen) atoms. The largest absolute Gasteiger partial charge is 0.507 e. The van der Waals surface area contributed by atoms with Crippen molar-refractivity contribution in [2.45, 2.75) is 20.8 Å². The second-order valence-corrected chi connectivity index (χ2v) is 5.33. The maximum Gasteiger partial charge on any atom is 0.124 e. The lowest BCUT2D eigenvalue weighted by Crippen LogP contribution is -2.21. The summed E-state index contributed by atoms with van der Waals surface area (Å²) in [4.78, 5) is 6.74. The summed E-state index contributed by atoms with van der Waals surface area (Å²) in [6, 6.07) is 11.4. The van der Waals surface area contributed by atoms with Crippen molar-refractivity contribution in [1.82, 2.24) is 0 Å². The first kappa shape index (κ1) is 16.9. The summed E-state index contributed by atoms with van der Waals surface area (Å²) in [5.74, 6) is 0.995. The zero-order chi connectivity index (χ0) is 16.8. The van der Waals surface area contributed by atoms with E-state index in [4.69, 9.17) is 4.74 Å². The molecule has 4 heteroatoms. The van der Waals surface area contributed by atoms with Gasteiger partial charge in [0.2, 0.25) is 0 Å². The van der Waals surface area contributed by atoms with Crippen LogP contribution in [0.3, 0.4) is 0 Å². The molecule has 0 radical (unpaired) electrons. The van der Waals surface area contributed by atoms with Gasteiger partial charge < -0.3 is 14.7 Å². The monoisotopic (exact) mass is 312 g/mol. The van der Waals surface area contributed by atoms with Gasteiger partial charge in [0.25, 0.3) is 0 Å². The molecular formula is C19H24N2O2. The molecule has 1 N–H and O–H groups in total. The highest BCUT2D eigenvalue weighted by atomic mass is 16.5. The summed E-state index contributed by atoms with van der Waals surface area (Å²) in [5, 5.41) is 10.1. The highest BCUT2D eigenvalue weighted by molar-refractivity contribution is 5.87. The molecule has 4 nitrogen and oxygen atoms in total. The van der Waals surface area contributed by atoms with Crippen LogP contribution in [0.25, 0.3) is 0 Å². The van der Waals surface area contributed by atoms with E-state index in [1.165, 1.54) is 0 Å². The summed E-state index contributed by atoms with van der Waals surface area (Å²) >= 11 is 0. The highest BCUT2D eigenvalue weighted by Gasteiger charge is 2.06. The van der Waals surface area contributed by atoms with E-state index < -0.39 is 0 Å². The van der Waals surface area contributed by atoms with Crippen molar-refractivity contribution in [3.05, 3.63) is 47.5 Å². The molecule has 122 valence electrons. The quantitative estimate of drug-likeness (QED) is 0.809. The summed E-state index contributed by atoms with van der Waals surface area (Å²) in [5.41, 5.74) is 3.67. The number of rotatable bonds is 6. The number of hydrogen-bond donors (Lipinski definition) is 1. The zero-order valence-corrected chi connectivity index (χ0v) is 14.2. The molecule has 0 atom stereocenters. The lowest BCUT2D eigenvalue weighted by atomic mass is 10.1.